The minimum absolute atomic E-state index is 0.00454. The molecule has 7 nitrogen and oxygen atoms in total. The topological polar surface area (TPSA) is 78.7 Å². The number of hydrogen-bond acceptors (Lipinski definition) is 6. The smallest absolute Gasteiger partial charge is 0.222 e. The molecule has 1 aromatic heterocycles. The summed E-state index contributed by atoms with van der Waals surface area (Å²) in [4.78, 5) is 20.0. The van der Waals surface area contributed by atoms with E-state index in [1.165, 1.54) is 0 Å². The molecule has 7 heteroatoms. The molecule has 0 N–H and O–H groups in total. The third-order valence-corrected chi connectivity index (χ3v) is 5.06. The highest BCUT2D eigenvalue weighted by atomic mass is 16.5. The largest absolute Gasteiger partial charge is 0.490 e. The van der Waals surface area contributed by atoms with Crippen molar-refractivity contribution in [3.8, 4) is 17.6 Å². The van der Waals surface area contributed by atoms with E-state index in [1.807, 2.05) is 36.1 Å². The van der Waals surface area contributed by atoms with Crippen LogP contribution in [0.2, 0.25) is 0 Å². The molecule has 0 aliphatic carbocycles. The summed E-state index contributed by atoms with van der Waals surface area (Å²) in [5, 5.41) is 9.16. The predicted octanol–water partition coefficient (Wildman–Crippen LogP) is 2.87. The summed E-state index contributed by atoms with van der Waals surface area (Å²) in [6.07, 6.45) is 4.64. The van der Waals surface area contributed by atoms with E-state index in [2.05, 4.69) is 16.0 Å². The third-order valence-electron chi connectivity index (χ3n) is 5.06. The van der Waals surface area contributed by atoms with Gasteiger partial charge in [-0.05, 0) is 18.2 Å². The summed E-state index contributed by atoms with van der Waals surface area (Å²) in [5.41, 5.74) is 2.26. The van der Waals surface area contributed by atoms with Gasteiger partial charge in [0.2, 0.25) is 5.91 Å². The monoisotopic (exact) mass is 378 g/mol. The number of nitrogens with zero attached hydrogens (tertiary/aromatic N) is 4. The van der Waals surface area contributed by atoms with E-state index in [0.717, 1.165) is 35.8 Å². The molecular formula is C21H22N4O3. The Kier molecular flexibility index (Phi) is 5.02. The van der Waals surface area contributed by atoms with Gasteiger partial charge in [-0.2, -0.15) is 5.26 Å². The fourth-order valence-electron chi connectivity index (χ4n) is 3.64. The zero-order valence-electron chi connectivity index (χ0n) is 15.8. The molecule has 144 valence electrons. The normalized spacial score (nSPS) is 18.2. The number of carbonyl (C=O) groups is 1. The molecule has 1 atom stereocenters. The Morgan fingerprint density at radius 3 is 3.07 bits per heavy atom. The first-order valence-corrected chi connectivity index (χ1v) is 9.52. The Labute approximate surface area is 164 Å². The van der Waals surface area contributed by atoms with Gasteiger partial charge in [-0.25, -0.2) is 0 Å². The summed E-state index contributed by atoms with van der Waals surface area (Å²) in [6.45, 7) is 4.46. The zero-order chi connectivity index (χ0) is 19.5. The number of amides is 1. The molecule has 1 fully saturated rings. The van der Waals surface area contributed by atoms with Crippen LogP contribution < -0.4 is 14.4 Å². The minimum atomic E-state index is -0.00454. The highest BCUT2D eigenvalue weighted by Crippen LogP contribution is 2.39. The lowest BCUT2D eigenvalue weighted by molar-refractivity contribution is -0.130. The molecule has 1 aromatic carbocycles. The van der Waals surface area contributed by atoms with Crippen LogP contribution in [0.15, 0.2) is 36.7 Å². The SMILES string of the molecule is CCC(=O)N1CC[C@H](Oc2ccc3c(c2)N(c2cncc(C#N)c2)CCO3)C1. The molecule has 3 heterocycles. The van der Waals surface area contributed by atoms with E-state index < -0.39 is 0 Å². The summed E-state index contributed by atoms with van der Waals surface area (Å²) < 4.78 is 11.9. The number of aromatic nitrogens is 1. The Morgan fingerprint density at radius 1 is 1.36 bits per heavy atom. The Bertz CT molecular complexity index is 924. The van der Waals surface area contributed by atoms with Crippen LogP contribution in [0.4, 0.5) is 11.4 Å². The zero-order valence-corrected chi connectivity index (χ0v) is 15.8. The Hall–Kier alpha value is -3.27. The van der Waals surface area contributed by atoms with Gasteiger partial charge in [0.25, 0.3) is 0 Å². The van der Waals surface area contributed by atoms with Crippen molar-refractivity contribution in [3.63, 3.8) is 0 Å². The fraction of sp³-hybridized carbons (Fsp3) is 0.381. The molecule has 4 rings (SSSR count). The van der Waals surface area contributed by atoms with Crippen molar-refractivity contribution < 1.29 is 14.3 Å². The number of pyridine rings is 1. The highest BCUT2D eigenvalue weighted by molar-refractivity contribution is 5.76. The molecule has 0 saturated carbocycles. The van der Waals surface area contributed by atoms with Crippen LogP contribution in [0.1, 0.15) is 25.3 Å². The Balaban J connectivity index is 1.55. The van der Waals surface area contributed by atoms with Gasteiger partial charge in [0.1, 0.15) is 30.3 Å². The van der Waals surface area contributed by atoms with E-state index in [9.17, 15) is 4.79 Å². The number of likely N-dealkylation sites (tertiary alicyclic amines) is 1. The van der Waals surface area contributed by atoms with Crippen molar-refractivity contribution >= 4 is 17.3 Å². The maximum Gasteiger partial charge on any atom is 0.222 e. The van der Waals surface area contributed by atoms with Crippen molar-refractivity contribution in [1.29, 1.82) is 5.26 Å². The summed E-state index contributed by atoms with van der Waals surface area (Å²) >= 11 is 0. The van der Waals surface area contributed by atoms with E-state index in [-0.39, 0.29) is 12.0 Å². The predicted molar refractivity (Wildman–Crippen MR) is 104 cm³/mol. The van der Waals surface area contributed by atoms with Gasteiger partial charge in [0, 0.05) is 31.6 Å². The van der Waals surface area contributed by atoms with Gasteiger partial charge >= 0.3 is 0 Å². The number of hydrogen-bond donors (Lipinski definition) is 0. The second-order valence-corrected chi connectivity index (χ2v) is 6.90. The summed E-state index contributed by atoms with van der Waals surface area (Å²) in [5.74, 6) is 1.69. The van der Waals surface area contributed by atoms with Gasteiger partial charge < -0.3 is 19.3 Å². The molecule has 2 aliphatic rings. The lowest BCUT2D eigenvalue weighted by atomic mass is 10.2. The van der Waals surface area contributed by atoms with Crippen molar-refractivity contribution in [2.75, 3.05) is 31.1 Å². The molecule has 0 unspecified atom stereocenters. The maximum absolute atomic E-state index is 11.9. The molecule has 0 bridgehead atoms. The van der Waals surface area contributed by atoms with E-state index >= 15 is 0 Å². The average molecular weight is 378 g/mol. The van der Waals surface area contributed by atoms with Gasteiger partial charge in [0.15, 0.2) is 0 Å². The van der Waals surface area contributed by atoms with Crippen LogP contribution in [-0.2, 0) is 4.79 Å². The van der Waals surface area contributed by atoms with Gasteiger partial charge in [-0.15, -0.1) is 0 Å². The molecule has 2 aromatic rings. The minimum Gasteiger partial charge on any atom is -0.490 e. The molecule has 2 aliphatic heterocycles. The van der Waals surface area contributed by atoms with E-state index in [4.69, 9.17) is 14.7 Å². The van der Waals surface area contributed by atoms with Crippen molar-refractivity contribution in [2.24, 2.45) is 0 Å². The molecule has 0 spiro atoms. The molecule has 0 radical (unpaired) electrons. The number of carbonyl (C=O) groups excluding carboxylic acids is 1. The number of nitriles is 1. The lowest BCUT2D eigenvalue weighted by Crippen LogP contribution is -2.30. The van der Waals surface area contributed by atoms with Crippen LogP contribution in [0.5, 0.6) is 11.5 Å². The number of rotatable bonds is 4. The average Bonchev–Trinajstić information content (AvgIpc) is 3.21. The van der Waals surface area contributed by atoms with Gasteiger partial charge in [-0.1, -0.05) is 6.92 Å². The Morgan fingerprint density at radius 2 is 2.25 bits per heavy atom. The molecule has 1 saturated heterocycles. The first-order chi connectivity index (χ1) is 13.7. The first-order valence-electron chi connectivity index (χ1n) is 9.52. The standard InChI is InChI=1S/C21H22N4O3/c1-2-21(26)24-6-5-18(14-24)28-17-3-4-20-19(10-17)25(7-8-27-20)16-9-15(11-22)12-23-13-16/h3-4,9-10,12-13,18H,2,5-8,14H2,1H3/t18-/m0/s1. The first kappa shape index (κ1) is 18.1. The van der Waals surface area contributed by atoms with Gasteiger partial charge in [0.05, 0.1) is 36.2 Å². The van der Waals surface area contributed by atoms with Crippen LogP contribution in [0, 0.1) is 11.3 Å². The number of benzene rings is 1. The third kappa shape index (κ3) is 3.58. The molecule has 28 heavy (non-hydrogen) atoms. The maximum atomic E-state index is 11.9. The fourth-order valence-corrected chi connectivity index (χ4v) is 3.64. The summed E-state index contributed by atoms with van der Waals surface area (Å²) in [6, 6.07) is 9.71. The number of fused-ring (bicyclic) bond motifs is 1. The number of ether oxygens (including phenoxy) is 2. The molecule has 1 amide bonds. The summed E-state index contributed by atoms with van der Waals surface area (Å²) in [7, 11) is 0. The van der Waals surface area contributed by atoms with Crippen LogP contribution in [0.3, 0.4) is 0 Å². The lowest BCUT2D eigenvalue weighted by Gasteiger charge is -2.31. The van der Waals surface area contributed by atoms with Crippen molar-refractivity contribution in [3.05, 3.63) is 42.2 Å². The van der Waals surface area contributed by atoms with E-state index in [1.54, 1.807) is 12.4 Å². The van der Waals surface area contributed by atoms with Crippen LogP contribution in [0.25, 0.3) is 0 Å². The quantitative estimate of drug-likeness (QED) is 0.814. The second kappa shape index (κ2) is 7.77. The molecular weight excluding hydrogens is 356 g/mol. The van der Waals surface area contributed by atoms with Crippen molar-refractivity contribution in [2.45, 2.75) is 25.9 Å². The van der Waals surface area contributed by atoms with Gasteiger partial charge in [-0.3, -0.25) is 9.78 Å². The highest BCUT2D eigenvalue weighted by Gasteiger charge is 2.27. The van der Waals surface area contributed by atoms with Crippen LogP contribution >= 0.6 is 0 Å². The second-order valence-electron chi connectivity index (χ2n) is 6.90. The van der Waals surface area contributed by atoms with Crippen LogP contribution in [-0.4, -0.2) is 48.1 Å². The van der Waals surface area contributed by atoms with E-state index in [0.29, 0.717) is 31.7 Å². The number of anilines is 2. The van der Waals surface area contributed by atoms with Crippen molar-refractivity contribution in [1.82, 2.24) is 9.88 Å².